The second-order valence-corrected chi connectivity index (χ2v) is 7.40. The number of para-hydroxylation sites is 1. The Balaban J connectivity index is 1.48. The molecule has 6 nitrogen and oxygen atoms in total. The number of aromatic amines is 1. The van der Waals surface area contributed by atoms with Crippen molar-refractivity contribution >= 4 is 44.2 Å². The summed E-state index contributed by atoms with van der Waals surface area (Å²) in [7, 11) is 0. The molecule has 0 saturated carbocycles. The van der Waals surface area contributed by atoms with Gasteiger partial charge in [-0.15, -0.1) is 10.2 Å². The number of aryl methyl sites for hydroxylation is 1. The number of aromatic nitrogens is 4. The number of hydrogen-bond donors (Lipinski definition) is 2. The number of amides is 1. The lowest BCUT2D eigenvalue weighted by Crippen LogP contribution is -2.14. The highest BCUT2D eigenvalue weighted by Gasteiger charge is 2.16. The summed E-state index contributed by atoms with van der Waals surface area (Å²) >= 11 is 1.33. The first kappa shape index (κ1) is 16.6. The van der Waals surface area contributed by atoms with Gasteiger partial charge in [-0.2, -0.15) is 0 Å². The molecular formula is C21H15N5OS. The minimum Gasteiger partial charge on any atom is -0.353 e. The number of carbonyl (C=O) groups is 1. The summed E-state index contributed by atoms with van der Waals surface area (Å²) in [6, 6.07) is 19.6. The van der Waals surface area contributed by atoms with Crippen molar-refractivity contribution in [3.8, 4) is 10.6 Å². The van der Waals surface area contributed by atoms with Gasteiger partial charge in [0.25, 0.3) is 5.91 Å². The zero-order valence-electron chi connectivity index (χ0n) is 14.9. The molecule has 3 aromatic heterocycles. The Kier molecular flexibility index (Phi) is 3.87. The monoisotopic (exact) mass is 385 g/mol. The molecule has 0 aliphatic rings. The molecule has 28 heavy (non-hydrogen) atoms. The number of anilines is 1. The number of carbonyl (C=O) groups excluding carboxylic acids is 1. The van der Waals surface area contributed by atoms with Crippen molar-refractivity contribution in [3.63, 3.8) is 0 Å². The number of hydrogen-bond acceptors (Lipinski definition) is 5. The van der Waals surface area contributed by atoms with Gasteiger partial charge in [-0.1, -0.05) is 59.9 Å². The van der Waals surface area contributed by atoms with E-state index in [1.165, 1.54) is 11.3 Å². The number of pyridine rings is 1. The number of benzene rings is 2. The van der Waals surface area contributed by atoms with E-state index in [1.807, 2.05) is 67.6 Å². The quantitative estimate of drug-likeness (QED) is 0.467. The van der Waals surface area contributed by atoms with E-state index in [9.17, 15) is 4.79 Å². The van der Waals surface area contributed by atoms with Gasteiger partial charge in [0.1, 0.15) is 10.7 Å². The minimum absolute atomic E-state index is 0.300. The molecule has 0 bridgehead atoms. The molecule has 1 amide bonds. The Hall–Kier alpha value is -3.58. The van der Waals surface area contributed by atoms with Crippen LogP contribution in [-0.2, 0) is 0 Å². The van der Waals surface area contributed by atoms with Gasteiger partial charge in [-0.3, -0.25) is 10.1 Å². The maximum atomic E-state index is 12.8. The van der Waals surface area contributed by atoms with Crippen LogP contribution in [0.1, 0.15) is 16.2 Å². The van der Waals surface area contributed by atoms with E-state index < -0.39 is 0 Å². The van der Waals surface area contributed by atoms with Crippen LogP contribution in [0, 0.1) is 6.92 Å². The highest BCUT2D eigenvalue weighted by molar-refractivity contribution is 7.18. The van der Waals surface area contributed by atoms with Gasteiger partial charge in [0, 0.05) is 21.9 Å². The van der Waals surface area contributed by atoms with Crippen molar-refractivity contribution in [2.75, 3.05) is 5.32 Å². The maximum Gasteiger partial charge on any atom is 0.276 e. The second kappa shape index (κ2) is 6.54. The minimum atomic E-state index is -0.300. The van der Waals surface area contributed by atoms with Crippen molar-refractivity contribution < 1.29 is 4.79 Å². The third-order valence-corrected chi connectivity index (χ3v) is 5.46. The summed E-state index contributed by atoms with van der Waals surface area (Å²) in [4.78, 5) is 20.6. The van der Waals surface area contributed by atoms with Crippen LogP contribution in [0.15, 0.2) is 60.7 Å². The average Bonchev–Trinajstić information content (AvgIpc) is 3.34. The van der Waals surface area contributed by atoms with E-state index >= 15 is 0 Å². The van der Waals surface area contributed by atoms with Crippen LogP contribution < -0.4 is 5.32 Å². The van der Waals surface area contributed by atoms with Crippen LogP contribution >= 0.6 is 11.3 Å². The largest absolute Gasteiger partial charge is 0.353 e. The standard InChI is InChI=1S/C21H15N5OS/c1-12-18-15(14-9-5-6-10-16(14)23-18)11-17(22-12)19(27)24-21-26-25-20(28-21)13-7-3-2-4-8-13/h2-11,23H,1H3,(H,24,26,27). The van der Waals surface area contributed by atoms with Crippen LogP contribution in [0.5, 0.6) is 0 Å². The van der Waals surface area contributed by atoms with E-state index in [-0.39, 0.29) is 5.91 Å². The topological polar surface area (TPSA) is 83.6 Å². The van der Waals surface area contributed by atoms with Crippen molar-refractivity contribution in [3.05, 3.63) is 72.1 Å². The van der Waals surface area contributed by atoms with Gasteiger partial charge in [-0.05, 0) is 19.1 Å². The molecule has 0 radical (unpaired) electrons. The molecule has 0 unspecified atom stereocenters. The van der Waals surface area contributed by atoms with Crippen molar-refractivity contribution in [1.82, 2.24) is 20.2 Å². The highest BCUT2D eigenvalue weighted by Crippen LogP contribution is 2.29. The van der Waals surface area contributed by atoms with Crippen LogP contribution in [0.3, 0.4) is 0 Å². The molecule has 0 aliphatic carbocycles. The molecule has 0 atom stereocenters. The first-order valence-corrected chi connectivity index (χ1v) is 9.59. The Bertz CT molecular complexity index is 1320. The number of nitrogens with one attached hydrogen (secondary N) is 2. The highest BCUT2D eigenvalue weighted by atomic mass is 32.1. The Labute approximate surface area is 164 Å². The normalized spacial score (nSPS) is 11.2. The van der Waals surface area contributed by atoms with Gasteiger partial charge < -0.3 is 4.98 Å². The first-order chi connectivity index (χ1) is 13.7. The fourth-order valence-corrected chi connectivity index (χ4v) is 4.00. The van der Waals surface area contributed by atoms with Crippen molar-refractivity contribution in [2.24, 2.45) is 0 Å². The lowest BCUT2D eigenvalue weighted by atomic mass is 10.1. The molecule has 2 aromatic carbocycles. The molecule has 136 valence electrons. The summed E-state index contributed by atoms with van der Waals surface area (Å²) in [5.74, 6) is -0.300. The summed E-state index contributed by atoms with van der Waals surface area (Å²) in [6.45, 7) is 1.90. The van der Waals surface area contributed by atoms with Gasteiger partial charge in [-0.25, -0.2) is 4.98 Å². The smallest absolute Gasteiger partial charge is 0.276 e. The van der Waals surface area contributed by atoms with Crippen LogP contribution in [0.25, 0.3) is 32.4 Å². The van der Waals surface area contributed by atoms with Gasteiger partial charge in [0.15, 0.2) is 0 Å². The summed E-state index contributed by atoms with van der Waals surface area (Å²) in [5, 5.41) is 14.3. The molecule has 5 rings (SSSR count). The third kappa shape index (κ3) is 2.82. The lowest BCUT2D eigenvalue weighted by molar-refractivity contribution is 0.102. The SMILES string of the molecule is Cc1nc(C(=O)Nc2nnc(-c3ccccc3)s2)cc2c1[nH]c1ccccc12. The molecule has 0 fully saturated rings. The summed E-state index contributed by atoms with van der Waals surface area (Å²) in [5.41, 5.74) is 4.07. The van der Waals surface area contributed by atoms with E-state index in [4.69, 9.17) is 0 Å². The molecular weight excluding hydrogens is 370 g/mol. The summed E-state index contributed by atoms with van der Waals surface area (Å²) < 4.78 is 0. The van der Waals surface area contributed by atoms with E-state index in [0.29, 0.717) is 10.8 Å². The molecule has 2 N–H and O–H groups in total. The molecule has 7 heteroatoms. The zero-order valence-corrected chi connectivity index (χ0v) is 15.7. The predicted octanol–water partition coefficient (Wildman–Crippen LogP) is 4.80. The van der Waals surface area contributed by atoms with Crippen molar-refractivity contribution in [2.45, 2.75) is 6.92 Å². The number of nitrogens with zero attached hydrogens (tertiary/aromatic N) is 3. The molecule has 5 aromatic rings. The van der Waals surface area contributed by atoms with Crippen LogP contribution in [-0.4, -0.2) is 26.1 Å². The number of H-pyrrole nitrogens is 1. The molecule has 0 spiro atoms. The Morgan fingerprint density at radius 2 is 1.79 bits per heavy atom. The first-order valence-electron chi connectivity index (χ1n) is 8.77. The number of rotatable bonds is 3. The zero-order chi connectivity index (χ0) is 19.1. The van der Waals surface area contributed by atoms with Crippen LogP contribution in [0.2, 0.25) is 0 Å². The summed E-state index contributed by atoms with van der Waals surface area (Å²) in [6.07, 6.45) is 0. The Morgan fingerprint density at radius 1 is 1.00 bits per heavy atom. The second-order valence-electron chi connectivity index (χ2n) is 6.42. The molecule has 0 saturated heterocycles. The third-order valence-electron chi connectivity index (χ3n) is 4.58. The molecule has 0 aliphatic heterocycles. The molecule has 3 heterocycles. The van der Waals surface area contributed by atoms with Crippen molar-refractivity contribution in [1.29, 1.82) is 0 Å². The fraction of sp³-hybridized carbons (Fsp3) is 0.0476. The number of fused-ring (bicyclic) bond motifs is 3. The lowest BCUT2D eigenvalue weighted by Gasteiger charge is -2.03. The van der Waals surface area contributed by atoms with Gasteiger partial charge in [0.2, 0.25) is 5.13 Å². The predicted molar refractivity (Wildman–Crippen MR) is 112 cm³/mol. The van der Waals surface area contributed by atoms with E-state index in [0.717, 1.165) is 38.1 Å². The van der Waals surface area contributed by atoms with Gasteiger partial charge in [0.05, 0.1) is 11.2 Å². The average molecular weight is 385 g/mol. The van der Waals surface area contributed by atoms with E-state index in [2.05, 4.69) is 25.5 Å². The Morgan fingerprint density at radius 3 is 2.64 bits per heavy atom. The fourth-order valence-electron chi connectivity index (χ4n) is 3.25. The van der Waals surface area contributed by atoms with Gasteiger partial charge >= 0.3 is 0 Å². The van der Waals surface area contributed by atoms with E-state index in [1.54, 1.807) is 0 Å². The maximum absolute atomic E-state index is 12.8. The van der Waals surface area contributed by atoms with Crippen LogP contribution in [0.4, 0.5) is 5.13 Å².